The number of nitrogens with one attached hydrogen (secondary N) is 1. The number of hydrogen-bond donors (Lipinski definition) is 1. The average Bonchev–Trinajstić information content (AvgIpc) is 3.17. The summed E-state index contributed by atoms with van der Waals surface area (Å²) in [7, 11) is 0. The SMILES string of the molecule is N#CN1CCN2CCN(C3NCC([C@@H]4CCCC[C@H]4C(F)(F)F)S3)C(=O)[C@H]2C1. The Labute approximate surface area is 167 Å². The van der Waals surface area contributed by atoms with Crippen LogP contribution in [0.2, 0.25) is 0 Å². The fraction of sp³-hybridized carbons (Fsp3) is 0.889. The van der Waals surface area contributed by atoms with E-state index in [4.69, 9.17) is 5.26 Å². The summed E-state index contributed by atoms with van der Waals surface area (Å²) in [5, 5.41) is 12.3. The molecule has 156 valence electrons. The Morgan fingerprint density at radius 1 is 1.14 bits per heavy atom. The molecule has 28 heavy (non-hydrogen) atoms. The van der Waals surface area contributed by atoms with Crippen LogP contribution < -0.4 is 5.32 Å². The van der Waals surface area contributed by atoms with E-state index in [0.717, 1.165) is 13.0 Å². The van der Waals surface area contributed by atoms with E-state index in [-0.39, 0.29) is 35.0 Å². The van der Waals surface area contributed by atoms with Gasteiger partial charge in [0.2, 0.25) is 5.91 Å². The van der Waals surface area contributed by atoms with Crippen LogP contribution in [-0.4, -0.2) is 82.8 Å². The molecule has 0 aromatic carbocycles. The zero-order valence-electron chi connectivity index (χ0n) is 15.7. The third-order valence-corrected chi connectivity index (χ3v) is 8.17. The van der Waals surface area contributed by atoms with Gasteiger partial charge in [0, 0.05) is 38.0 Å². The molecule has 1 saturated carbocycles. The van der Waals surface area contributed by atoms with Crippen LogP contribution in [0.1, 0.15) is 25.7 Å². The van der Waals surface area contributed by atoms with E-state index in [1.54, 1.807) is 9.80 Å². The number of carbonyl (C=O) groups is 1. The van der Waals surface area contributed by atoms with Crippen LogP contribution in [0.4, 0.5) is 13.2 Å². The number of nitrogens with zero attached hydrogens (tertiary/aromatic N) is 4. The Morgan fingerprint density at radius 3 is 2.64 bits per heavy atom. The number of nitriles is 1. The smallest absolute Gasteiger partial charge is 0.315 e. The predicted octanol–water partition coefficient (Wildman–Crippen LogP) is 1.65. The van der Waals surface area contributed by atoms with Crippen LogP contribution in [0.15, 0.2) is 0 Å². The van der Waals surface area contributed by atoms with Crippen molar-refractivity contribution in [3.8, 4) is 6.19 Å². The van der Waals surface area contributed by atoms with E-state index in [0.29, 0.717) is 45.6 Å². The molecule has 0 radical (unpaired) electrons. The summed E-state index contributed by atoms with van der Waals surface area (Å²) in [6.45, 7) is 3.56. The first-order valence-electron chi connectivity index (χ1n) is 10.0. The summed E-state index contributed by atoms with van der Waals surface area (Å²) >= 11 is 1.49. The van der Waals surface area contributed by atoms with Gasteiger partial charge >= 0.3 is 6.18 Å². The molecule has 0 aromatic heterocycles. The van der Waals surface area contributed by atoms with Crippen LogP contribution in [0, 0.1) is 23.3 Å². The van der Waals surface area contributed by atoms with Gasteiger partial charge in [-0.15, -0.1) is 11.8 Å². The largest absolute Gasteiger partial charge is 0.392 e. The van der Waals surface area contributed by atoms with Crippen molar-refractivity contribution in [2.75, 3.05) is 39.3 Å². The van der Waals surface area contributed by atoms with E-state index in [9.17, 15) is 18.0 Å². The summed E-state index contributed by atoms with van der Waals surface area (Å²) in [5.41, 5.74) is -0.270. The molecule has 3 saturated heterocycles. The fourth-order valence-electron chi connectivity index (χ4n) is 5.11. The first-order valence-corrected chi connectivity index (χ1v) is 11.0. The number of amides is 1. The normalized spacial score (nSPS) is 37.6. The number of piperazine rings is 2. The molecular formula is C18H26F3N5OS. The molecule has 0 spiro atoms. The van der Waals surface area contributed by atoms with Crippen molar-refractivity contribution < 1.29 is 18.0 Å². The maximum Gasteiger partial charge on any atom is 0.392 e. The number of rotatable bonds is 2. The van der Waals surface area contributed by atoms with Gasteiger partial charge in [0.1, 0.15) is 11.5 Å². The Balaban J connectivity index is 1.41. The van der Waals surface area contributed by atoms with Crippen LogP contribution >= 0.6 is 11.8 Å². The zero-order chi connectivity index (χ0) is 19.9. The zero-order valence-corrected chi connectivity index (χ0v) is 16.5. The van der Waals surface area contributed by atoms with Crippen molar-refractivity contribution in [2.45, 2.75) is 48.6 Å². The maximum absolute atomic E-state index is 13.5. The number of fused-ring (bicyclic) bond motifs is 1. The molecule has 5 atom stereocenters. The van der Waals surface area contributed by atoms with Crippen molar-refractivity contribution in [3.63, 3.8) is 0 Å². The summed E-state index contributed by atoms with van der Waals surface area (Å²) in [4.78, 5) is 18.5. The van der Waals surface area contributed by atoms with Crippen molar-refractivity contribution in [2.24, 2.45) is 11.8 Å². The molecule has 2 unspecified atom stereocenters. The fourth-order valence-corrected chi connectivity index (χ4v) is 6.71. The van der Waals surface area contributed by atoms with Gasteiger partial charge in [0.25, 0.3) is 0 Å². The molecule has 4 fully saturated rings. The highest BCUT2D eigenvalue weighted by atomic mass is 32.2. The summed E-state index contributed by atoms with van der Waals surface area (Å²) < 4.78 is 40.5. The topological polar surface area (TPSA) is 62.6 Å². The summed E-state index contributed by atoms with van der Waals surface area (Å²) in [6, 6.07) is -0.332. The number of alkyl halides is 3. The summed E-state index contributed by atoms with van der Waals surface area (Å²) in [6.07, 6.45) is 0.300. The van der Waals surface area contributed by atoms with E-state index in [2.05, 4.69) is 16.4 Å². The van der Waals surface area contributed by atoms with Crippen LogP contribution in [0.3, 0.4) is 0 Å². The van der Waals surface area contributed by atoms with E-state index in [1.807, 2.05) is 0 Å². The van der Waals surface area contributed by atoms with Gasteiger partial charge < -0.3 is 9.80 Å². The number of halogens is 3. The Kier molecular flexibility index (Phi) is 5.69. The van der Waals surface area contributed by atoms with Gasteiger partial charge in [0.05, 0.1) is 12.5 Å². The molecule has 0 aromatic rings. The molecule has 1 N–H and O–H groups in total. The van der Waals surface area contributed by atoms with Gasteiger partial charge in [-0.25, -0.2) is 0 Å². The Morgan fingerprint density at radius 2 is 1.89 bits per heavy atom. The van der Waals surface area contributed by atoms with Gasteiger partial charge in [-0.3, -0.25) is 15.0 Å². The first-order chi connectivity index (χ1) is 13.4. The number of carbonyl (C=O) groups excluding carboxylic acids is 1. The molecule has 10 heteroatoms. The molecule has 1 amide bonds. The number of thioether (sulfide) groups is 1. The third kappa shape index (κ3) is 3.81. The quantitative estimate of drug-likeness (QED) is 0.690. The summed E-state index contributed by atoms with van der Waals surface area (Å²) in [5.74, 6) is -1.63. The second-order valence-corrected chi connectivity index (χ2v) is 9.49. The van der Waals surface area contributed by atoms with Gasteiger partial charge in [-0.05, 0) is 18.8 Å². The van der Waals surface area contributed by atoms with Crippen LogP contribution in [-0.2, 0) is 4.79 Å². The molecule has 6 nitrogen and oxygen atoms in total. The second-order valence-electron chi connectivity index (χ2n) is 8.16. The van der Waals surface area contributed by atoms with E-state index >= 15 is 0 Å². The highest BCUT2D eigenvalue weighted by molar-refractivity contribution is 8.00. The van der Waals surface area contributed by atoms with Gasteiger partial charge in [-0.1, -0.05) is 12.8 Å². The monoisotopic (exact) mass is 417 g/mol. The lowest BCUT2D eigenvalue weighted by Gasteiger charge is -2.46. The second kappa shape index (κ2) is 7.92. The lowest BCUT2D eigenvalue weighted by Crippen LogP contribution is -2.66. The van der Waals surface area contributed by atoms with E-state index < -0.39 is 12.1 Å². The lowest BCUT2D eigenvalue weighted by molar-refractivity contribution is -0.195. The number of hydrogen-bond acceptors (Lipinski definition) is 6. The van der Waals surface area contributed by atoms with E-state index in [1.165, 1.54) is 11.8 Å². The first kappa shape index (κ1) is 20.1. The molecule has 3 heterocycles. The highest BCUT2D eigenvalue weighted by Gasteiger charge is 2.50. The van der Waals surface area contributed by atoms with Gasteiger partial charge in [0.15, 0.2) is 6.19 Å². The molecule has 0 bridgehead atoms. The molecule has 4 rings (SSSR count). The lowest BCUT2D eigenvalue weighted by atomic mass is 9.77. The maximum atomic E-state index is 13.5. The predicted molar refractivity (Wildman–Crippen MR) is 98.9 cm³/mol. The van der Waals surface area contributed by atoms with Crippen LogP contribution in [0.5, 0.6) is 0 Å². The molecule has 3 aliphatic heterocycles. The van der Waals surface area contributed by atoms with Crippen molar-refractivity contribution >= 4 is 17.7 Å². The minimum absolute atomic E-state index is 0.0205. The van der Waals surface area contributed by atoms with Crippen molar-refractivity contribution in [1.82, 2.24) is 20.0 Å². The van der Waals surface area contributed by atoms with Crippen molar-refractivity contribution in [1.29, 1.82) is 5.26 Å². The minimum Gasteiger partial charge on any atom is -0.315 e. The standard InChI is InChI=1S/C18H26F3N5OS/c19-18(20,21)13-4-2-1-3-12(13)15-9-23-17(28-15)26-8-7-25-6-5-24(11-22)10-14(25)16(26)27/h12-15,17,23H,1-10H2/t12-,13-,14-,15?,17?/m1/s1. The van der Waals surface area contributed by atoms with Crippen LogP contribution in [0.25, 0.3) is 0 Å². The minimum atomic E-state index is -4.14. The third-order valence-electron chi connectivity index (χ3n) is 6.63. The molecular weight excluding hydrogens is 391 g/mol. The Bertz CT molecular complexity index is 642. The van der Waals surface area contributed by atoms with Gasteiger partial charge in [-0.2, -0.15) is 18.4 Å². The molecule has 1 aliphatic carbocycles. The highest BCUT2D eigenvalue weighted by Crippen LogP contribution is 2.47. The van der Waals surface area contributed by atoms with Crippen molar-refractivity contribution in [3.05, 3.63) is 0 Å². The molecule has 4 aliphatic rings. The Hall–Kier alpha value is -1.18. The average molecular weight is 418 g/mol.